The monoisotopic (exact) mass is 326 g/mol. The van der Waals surface area contributed by atoms with Gasteiger partial charge in [-0.05, 0) is 42.9 Å². The number of nitrogens with one attached hydrogen (secondary N) is 1. The molecule has 0 saturated carbocycles. The summed E-state index contributed by atoms with van der Waals surface area (Å²) in [5.74, 6) is -1.71. The number of thioether (sulfide) groups is 1. The lowest BCUT2D eigenvalue weighted by Crippen LogP contribution is -2.46. The minimum Gasteiger partial charge on any atom is -0.481 e. The summed E-state index contributed by atoms with van der Waals surface area (Å²) in [4.78, 5) is 25.6. The Kier molecular flexibility index (Phi) is 5.65. The van der Waals surface area contributed by atoms with Crippen molar-refractivity contribution in [2.24, 2.45) is 5.92 Å². The van der Waals surface area contributed by atoms with Crippen LogP contribution in [0.15, 0.2) is 23.1 Å². The van der Waals surface area contributed by atoms with Gasteiger partial charge in [-0.15, -0.1) is 11.8 Å². The zero-order valence-corrected chi connectivity index (χ0v) is 13.2. The predicted molar refractivity (Wildman–Crippen MR) is 82.3 cm³/mol. The van der Waals surface area contributed by atoms with E-state index in [0.29, 0.717) is 24.9 Å². The Labute approximate surface area is 132 Å². The fraction of sp³-hybridized carbons (Fsp3) is 0.467. The van der Waals surface area contributed by atoms with Crippen LogP contribution in [-0.4, -0.2) is 41.4 Å². The summed E-state index contributed by atoms with van der Waals surface area (Å²) in [6.45, 7) is 0.995. The van der Waals surface area contributed by atoms with Crippen LogP contribution in [0.4, 0.5) is 9.18 Å². The molecule has 0 radical (unpaired) electrons. The molecule has 1 aromatic carbocycles. The largest absolute Gasteiger partial charge is 0.481 e. The highest BCUT2D eigenvalue weighted by atomic mass is 32.2. The molecule has 1 aromatic rings. The Morgan fingerprint density at radius 3 is 2.95 bits per heavy atom. The first-order valence-electron chi connectivity index (χ1n) is 7.09. The minimum atomic E-state index is -0.868. The smallest absolute Gasteiger partial charge is 0.317 e. The third kappa shape index (κ3) is 4.13. The number of halogens is 1. The van der Waals surface area contributed by atoms with Gasteiger partial charge in [0.15, 0.2) is 0 Å². The summed E-state index contributed by atoms with van der Waals surface area (Å²) in [5, 5.41) is 11.8. The highest BCUT2D eigenvalue weighted by Crippen LogP contribution is 2.21. The fourth-order valence-electron chi connectivity index (χ4n) is 2.53. The Balaban J connectivity index is 1.95. The van der Waals surface area contributed by atoms with Gasteiger partial charge in [0.2, 0.25) is 0 Å². The number of nitrogens with zero attached hydrogens (tertiary/aromatic N) is 1. The second-order valence-corrected chi connectivity index (χ2v) is 6.09. The number of hydrogen-bond acceptors (Lipinski definition) is 3. The van der Waals surface area contributed by atoms with Gasteiger partial charge in [-0.2, -0.15) is 0 Å². The number of amides is 2. The van der Waals surface area contributed by atoms with Gasteiger partial charge in [0.1, 0.15) is 5.82 Å². The molecule has 1 heterocycles. The zero-order chi connectivity index (χ0) is 16.1. The van der Waals surface area contributed by atoms with Crippen LogP contribution < -0.4 is 5.32 Å². The standard InChI is InChI=1S/C15H19FN2O3S/c1-22-13-5-4-12(16)7-11(13)8-17-15(21)18-6-2-3-10(9-18)14(19)20/h4-5,7,10H,2-3,6,8-9H2,1H3,(H,17,21)(H,19,20). The van der Waals surface area contributed by atoms with Crippen LogP contribution in [0, 0.1) is 11.7 Å². The molecule has 1 aliphatic heterocycles. The van der Waals surface area contributed by atoms with E-state index >= 15 is 0 Å². The van der Waals surface area contributed by atoms with Crippen molar-refractivity contribution in [3.05, 3.63) is 29.6 Å². The Hall–Kier alpha value is -1.76. The lowest BCUT2D eigenvalue weighted by molar-refractivity contribution is -0.143. The van der Waals surface area contributed by atoms with Crippen molar-refractivity contribution in [3.63, 3.8) is 0 Å². The molecular weight excluding hydrogens is 307 g/mol. The molecule has 0 bridgehead atoms. The van der Waals surface area contributed by atoms with E-state index in [1.807, 2.05) is 6.26 Å². The first-order chi connectivity index (χ1) is 10.5. The van der Waals surface area contributed by atoms with E-state index in [9.17, 15) is 14.0 Å². The fourth-order valence-corrected chi connectivity index (χ4v) is 3.13. The Bertz CT molecular complexity index is 568. The highest BCUT2D eigenvalue weighted by molar-refractivity contribution is 7.98. The van der Waals surface area contributed by atoms with Gasteiger partial charge in [0.05, 0.1) is 5.92 Å². The molecule has 1 atom stereocenters. The van der Waals surface area contributed by atoms with Crippen molar-refractivity contribution < 1.29 is 19.1 Å². The average molecular weight is 326 g/mol. The molecule has 5 nitrogen and oxygen atoms in total. The van der Waals surface area contributed by atoms with Crippen LogP contribution >= 0.6 is 11.8 Å². The lowest BCUT2D eigenvalue weighted by Gasteiger charge is -2.30. The van der Waals surface area contributed by atoms with Crippen LogP contribution in [0.1, 0.15) is 18.4 Å². The zero-order valence-electron chi connectivity index (χ0n) is 12.3. The molecule has 2 N–H and O–H groups in total. The molecule has 7 heteroatoms. The van der Waals surface area contributed by atoms with Gasteiger partial charge >= 0.3 is 12.0 Å². The van der Waals surface area contributed by atoms with Gasteiger partial charge in [-0.3, -0.25) is 4.79 Å². The summed E-state index contributed by atoms with van der Waals surface area (Å²) in [7, 11) is 0. The number of urea groups is 1. The van der Waals surface area contributed by atoms with E-state index in [1.165, 1.54) is 28.8 Å². The maximum atomic E-state index is 13.3. The minimum absolute atomic E-state index is 0.222. The summed E-state index contributed by atoms with van der Waals surface area (Å²) in [5.41, 5.74) is 0.715. The Morgan fingerprint density at radius 2 is 2.27 bits per heavy atom. The van der Waals surface area contributed by atoms with E-state index in [-0.39, 0.29) is 24.9 Å². The first kappa shape index (κ1) is 16.6. The van der Waals surface area contributed by atoms with Crippen LogP contribution in [-0.2, 0) is 11.3 Å². The molecule has 0 aromatic heterocycles. The molecule has 0 spiro atoms. The number of aliphatic carboxylic acids is 1. The van der Waals surface area contributed by atoms with Crippen molar-refractivity contribution in [3.8, 4) is 0 Å². The molecule has 22 heavy (non-hydrogen) atoms. The van der Waals surface area contributed by atoms with Gasteiger partial charge in [-0.25, -0.2) is 9.18 Å². The van der Waals surface area contributed by atoms with Crippen LogP contribution in [0.5, 0.6) is 0 Å². The first-order valence-corrected chi connectivity index (χ1v) is 8.31. The van der Waals surface area contributed by atoms with Gasteiger partial charge < -0.3 is 15.3 Å². The SMILES string of the molecule is CSc1ccc(F)cc1CNC(=O)N1CCCC(C(=O)O)C1. The Morgan fingerprint density at radius 1 is 1.50 bits per heavy atom. The van der Waals surface area contributed by atoms with Crippen molar-refractivity contribution >= 4 is 23.8 Å². The van der Waals surface area contributed by atoms with Crippen molar-refractivity contribution in [2.75, 3.05) is 19.3 Å². The topological polar surface area (TPSA) is 69.6 Å². The number of rotatable bonds is 4. The molecule has 2 rings (SSSR count). The predicted octanol–water partition coefficient (Wildman–Crippen LogP) is 2.55. The summed E-state index contributed by atoms with van der Waals surface area (Å²) < 4.78 is 13.3. The lowest BCUT2D eigenvalue weighted by atomic mass is 9.99. The second-order valence-electron chi connectivity index (χ2n) is 5.24. The van der Waals surface area contributed by atoms with Crippen LogP contribution in [0.25, 0.3) is 0 Å². The summed E-state index contributed by atoms with van der Waals surface area (Å²) in [6, 6.07) is 4.17. The van der Waals surface area contributed by atoms with Crippen molar-refractivity contribution in [1.29, 1.82) is 0 Å². The number of piperidine rings is 1. The summed E-state index contributed by atoms with van der Waals surface area (Å²) in [6.07, 6.45) is 3.17. The van der Waals surface area contributed by atoms with Crippen molar-refractivity contribution in [1.82, 2.24) is 10.2 Å². The number of benzene rings is 1. The quantitative estimate of drug-likeness (QED) is 0.834. The van der Waals surface area contributed by atoms with Crippen molar-refractivity contribution in [2.45, 2.75) is 24.3 Å². The average Bonchev–Trinajstić information content (AvgIpc) is 2.52. The molecule has 120 valence electrons. The highest BCUT2D eigenvalue weighted by Gasteiger charge is 2.27. The third-order valence-corrected chi connectivity index (χ3v) is 4.57. The van der Waals surface area contributed by atoms with E-state index in [1.54, 1.807) is 6.07 Å². The maximum absolute atomic E-state index is 13.3. The van der Waals surface area contributed by atoms with E-state index in [0.717, 1.165) is 4.90 Å². The number of carboxylic acids is 1. The number of carbonyl (C=O) groups is 2. The van der Waals surface area contributed by atoms with Crippen LogP contribution in [0.3, 0.4) is 0 Å². The number of hydrogen-bond donors (Lipinski definition) is 2. The number of likely N-dealkylation sites (tertiary alicyclic amines) is 1. The molecular formula is C15H19FN2O3S. The maximum Gasteiger partial charge on any atom is 0.317 e. The van der Waals surface area contributed by atoms with Gasteiger partial charge in [-0.1, -0.05) is 0 Å². The molecule has 0 aliphatic carbocycles. The van der Waals surface area contributed by atoms with E-state index in [4.69, 9.17) is 5.11 Å². The third-order valence-electron chi connectivity index (χ3n) is 3.73. The van der Waals surface area contributed by atoms with Crippen LogP contribution in [0.2, 0.25) is 0 Å². The second kappa shape index (κ2) is 7.49. The van der Waals surface area contributed by atoms with E-state index < -0.39 is 11.9 Å². The normalized spacial score (nSPS) is 18.1. The molecule has 2 amide bonds. The van der Waals surface area contributed by atoms with E-state index in [2.05, 4.69) is 5.32 Å². The molecule has 1 aliphatic rings. The number of carbonyl (C=O) groups excluding carboxylic acids is 1. The summed E-state index contributed by atoms with van der Waals surface area (Å²) >= 11 is 1.49. The molecule has 1 saturated heterocycles. The molecule has 1 unspecified atom stereocenters. The molecule has 1 fully saturated rings. The number of carboxylic acid groups (broad SMARTS) is 1. The van der Waals surface area contributed by atoms with Gasteiger partial charge in [0, 0.05) is 24.5 Å². The van der Waals surface area contributed by atoms with Gasteiger partial charge in [0.25, 0.3) is 0 Å².